The first-order chi connectivity index (χ1) is 11.5. The highest BCUT2D eigenvalue weighted by Gasteiger charge is 2.19. The SMILES string of the molecule is COc1ccc(Cl)cc1CN(C)CC(=O)N(C)CC(=O)NC(C)(C)C. The Morgan fingerprint density at radius 3 is 2.40 bits per heavy atom. The average Bonchev–Trinajstić information content (AvgIpc) is 2.45. The molecule has 140 valence electrons. The van der Waals surface area contributed by atoms with Crippen LogP contribution >= 0.6 is 11.6 Å². The van der Waals surface area contributed by atoms with E-state index in [0.717, 1.165) is 11.3 Å². The number of amides is 2. The molecule has 0 radical (unpaired) electrons. The lowest BCUT2D eigenvalue weighted by Gasteiger charge is -2.25. The van der Waals surface area contributed by atoms with Crippen molar-refractivity contribution in [1.82, 2.24) is 15.1 Å². The minimum atomic E-state index is -0.319. The highest BCUT2D eigenvalue weighted by Crippen LogP contribution is 2.23. The molecule has 0 saturated carbocycles. The van der Waals surface area contributed by atoms with Crippen LogP contribution < -0.4 is 10.1 Å². The lowest BCUT2D eigenvalue weighted by Crippen LogP contribution is -2.47. The average molecular weight is 370 g/mol. The Morgan fingerprint density at radius 1 is 1.20 bits per heavy atom. The van der Waals surface area contributed by atoms with Crippen molar-refractivity contribution in [2.45, 2.75) is 32.9 Å². The molecule has 1 aromatic carbocycles. The molecule has 0 aliphatic heterocycles. The molecule has 1 aromatic rings. The highest BCUT2D eigenvalue weighted by atomic mass is 35.5. The second kappa shape index (κ2) is 9.06. The maximum Gasteiger partial charge on any atom is 0.240 e. The maximum absolute atomic E-state index is 12.3. The van der Waals surface area contributed by atoms with Gasteiger partial charge in [-0.25, -0.2) is 0 Å². The summed E-state index contributed by atoms with van der Waals surface area (Å²) in [6.45, 7) is 6.44. The van der Waals surface area contributed by atoms with Crippen molar-refractivity contribution in [3.63, 3.8) is 0 Å². The molecular formula is C18H28ClN3O3. The molecule has 7 heteroatoms. The summed E-state index contributed by atoms with van der Waals surface area (Å²) in [5.41, 5.74) is 0.583. The van der Waals surface area contributed by atoms with E-state index in [0.29, 0.717) is 11.6 Å². The number of hydrogen-bond acceptors (Lipinski definition) is 4. The van der Waals surface area contributed by atoms with Crippen LogP contribution in [-0.2, 0) is 16.1 Å². The third kappa shape index (κ3) is 7.75. The van der Waals surface area contributed by atoms with E-state index < -0.39 is 0 Å². The van der Waals surface area contributed by atoms with Crippen molar-refractivity contribution in [2.75, 3.05) is 34.3 Å². The molecule has 0 heterocycles. The van der Waals surface area contributed by atoms with E-state index in [1.807, 2.05) is 38.8 Å². The van der Waals surface area contributed by atoms with Crippen molar-refractivity contribution in [1.29, 1.82) is 0 Å². The molecule has 0 fully saturated rings. The van der Waals surface area contributed by atoms with Crippen LogP contribution in [0.25, 0.3) is 0 Å². The summed E-state index contributed by atoms with van der Waals surface area (Å²) in [5.74, 6) is 0.414. The summed E-state index contributed by atoms with van der Waals surface area (Å²) in [6, 6.07) is 5.38. The number of nitrogens with one attached hydrogen (secondary N) is 1. The van der Waals surface area contributed by atoms with Gasteiger partial charge in [-0.05, 0) is 46.0 Å². The van der Waals surface area contributed by atoms with E-state index in [2.05, 4.69) is 5.32 Å². The minimum absolute atomic E-state index is 0.0322. The van der Waals surface area contributed by atoms with Gasteiger partial charge in [0.1, 0.15) is 5.75 Å². The number of carbonyl (C=O) groups is 2. The topological polar surface area (TPSA) is 61.9 Å². The maximum atomic E-state index is 12.3. The minimum Gasteiger partial charge on any atom is -0.496 e. The zero-order valence-electron chi connectivity index (χ0n) is 15.9. The highest BCUT2D eigenvalue weighted by molar-refractivity contribution is 6.30. The Bertz CT molecular complexity index is 614. The van der Waals surface area contributed by atoms with Crippen molar-refractivity contribution in [3.05, 3.63) is 28.8 Å². The van der Waals surface area contributed by atoms with Crippen LogP contribution in [0.4, 0.5) is 0 Å². The normalized spacial score (nSPS) is 11.4. The monoisotopic (exact) mass is 369 g/mol. The van der Waals surface area contributed by atoms with Crippen molar-refractivity contribution >= 4 is 23.4 Å². The van der Waals surface area contributed by atoms with Gasteiger partial charge in [-0.1, -0.05) is 11.6 Å². The Balaban J connectivity index is 2.59. The van der Waals surface area contributed by atoms with Crippen LogP contribution in [-0.4, -0.2) is 61.4 Å². The number of nitrogens with zero attached hydrogens (tertiary/aromatic N) is 2. The first-order valence-corrected chi connectivity index (χ1v) is 8.45. The van der Waals surface area contributed by atoms with Gasteiger partial charge in [-0.2, -0.15) is 0 Å². The zero-order chi connectivity index (χ0) is 19.2. The molecule has 0 aliphatic rings. The largest absolute Gasteiger partial charge is 0.496 e. The number of rotatable bonds is 7. The molecule has 2 amide bonds. The van der Waals surface area contributed by atoms with Gasteiger partial charge in [0, 0.05) is 29.7 Å². The van der Waals surface area contributed by atoms with Crippen LogP contribution in [0.3, 0.4) is 0 Å². The predicted molar refractivity (Wildman–Crippen MR) is 99.9 cm³/mol. The quantitative estimate of drug-likeness (QED) is 0.800. The summed E-state index contributed by atoms with van der Waals surface area (Å²) in [4.78, 5) is 27.5. The van der Waals surface area contributed by atoms with Gasteiger partial charge in [-0.3, -0.25) is 14.5 Å². The Morgan fingerprint density at radius 2 is 1.84 bits per heavy atom. The summed E-state index contributed by atoms with van der Waals surface area (Å²) in [7, 11) is 5.05. The molecule has 0 aromatic heterocycles. The van der Waals surface area contributed by atoms with Crippen LogP contribution in [0.5, 0.6) is 5.75 Å². The Hall–Kier alpha value is -1.79. The number of methoxy groups -OCH3 is 1. The lowest BCUT2D eigenvalue weighted by molar-refractivity contribution is -0.136. The fraction of sp³-hybridized carbons (Fsp3) is 0.556. The van der Waals surface area contributed by atoms with E-state index in [4.69, 9.17) is 16.3 Å². The van der Waals surface area contributed by atoms with Gasteiger partial charge >= 0.3 is 0 Å². The first kappa shape index (κ1) is 21.3. The van der Waals surface area contributed by atoms with Crippen LogP contribution in [0.15, 0.2) is 18.2 Å². The van der Waals surface area contributed by atoms with Gasteiger partial charge in [-0.15, -0.1) is 0 Å². The summed E-state index contributed by atoms with van der Waals surface area (Å²) in [5, 5.41) is 3.46. The number of carbonyl (C=O) groups excluding carboxylic acids is 2. The predicted octanol–water partition coefficient (Wildman–Crippen LogP) is 2.15. The van der Waals surface area contributed by atoms with E-state index >= 15 is 0 Å². The molecule has 0 aliphatic carbocycles. The summed E-state index contributed by atoms with van der Waals surface area (Å²) >= 11 is 6.03. The number of halogens is 1. The number of likely N-dealkylation sites (N-methyl/N-ethyl adjacent to an activating group) is 2. The van der Waals surface area contributed by atoms with Gasteiger partial charge in [0.25, 0.3) is 0 Å². The van der Waals surface area contributed by atoms with Crippen LogP contribution in [0.2, 0.25) is 5.02 Å². The van der Waals surface area contributed by atoms with Crippen molar-refractivity contribution < 1.29 is 14.3 Å². The van der Waals surface area contributed by atoms with E-state index in [-0.39, 0.29) is 30.4 Å². The molecular weight excluding hydrogens is 342 g/mol. The number of benzene rings is 1. The smallest absolute Gasteiger partial charge is 0.240 e. The lowest BCUT2D eigenvalue weighted by atomic mass is 10.1. The van der Waals surface area contributed by atoms with Crippen molar-refractivity contribution in [3.8, 4) is 5.75 Å². The van der Waals surface area contributed by atoms with Gasteiger partial charge in [0.05, 0.1) is 20.2 Å². The second-order valence-electron chi connectivity index (χ2n) is 7.18. The van der Waals surface area contributed by atoms with Crippen LogP contribution in [0.1, 0.15) is 26.3 Å². The molecule has 0 spiro atoms. The van der Waals surface area contributed by atoms with E-state index in [1.54, 1.807) is 26.3 Å². The second-order valence-corrected chi connectivity index (χ2v) is 7.61. The van der Waals surface area contributed by atoms with E-state index in [9.17, 15) is 9.59 Å². The van der Waals surface area contributed by atoms with Gasteiger partial charge in [0.15, 0.2) is 0 Å². The third-order valence-electron chi connectivity index (χ3n) is 3.41. The molecule has 0 atom stereocenters. The fourth-order valence-corrected chi connectivity index (χ4v) is 2.53. The van der Waals surface area contributed by atoms with Crippen LogP contribution in [0, 0.1) is 0 Å². The molecule has 1 N–H and O–H groups in total. The Labute approximate surface area is 155 Å². The standard InChI is InChI=1S/C18H28ClN3O3/c1-18(2,3)20-16(23)11-22(5)17(24)12-21(4)10-13-9-14(19)7-8-15(13)25-6/h7-9H,10-12H2,1-6H3,(H,20,23). The fourth-order valence-electron chi connectivity index (χ4n) is 2.33. The first-order valence-electron chi connectivity index (χ1n) is 8.08. The zero-order valence-corrected chi connectivity index (χ0v) is 16.6. The molecule has 0 bridgehead atoms. The Kier molecular flexibility index (Phi) is 7.70. The van der Waals surface area contributed by atoms with Gasteiger partial charge in [0.2, 0.25) is 11.8 Å². The number of ether oxygens (including phenoxy) is 1. The van der Waals surface area contributed by atoms with E-state index in [1.165, 1.54) is 4.90 Å². The molecule has 1 rings (SSSR count). The summed E-state index contributed by atoms with van der Waals surface area (Å²) < 4.78 is 5.32. The molecule has 25 heavy (non-hydrogen) atoms. The molecule has 0 unspecified atom stereocenters. The van der Waals surface area contributed by atoms with Crippen molar-refractivity contribution in [2.24, 2.45) is 0 Å². The third-order valence-corrected chi connectivity index (χ3v) is 3.64. The van der Waals surface area contributed by atoms with Gasteiger partial charge < -0.3 is 15.0 Å². The summed E-state index contributed by atoms with van der Waals surface area (Å²) in [6.07, 6.45) is 0. The molecule has 0 saturated heterocycles. The molecule has 6 nitrogen and oxygen atoms in total. The number of hydrogen-bond donors (Lipinski definition) is 1.